The maximum atomic E-state index is 12.4. The summed E-state index contributed by atoms with van der Waals surface area (Å²) in [6, 6.07) is 6.03. The number of carbonyl (C=O) groups excluding carboxylic acids is 1. The topological polar surface area (TPSA) is 98.5 Å². The van der Waals surface area contributed by atoms with Crippen LogP contribution in [0.3, 0.4) is 0 Å². The van der Waals surface area contributed by atoms with Crippen molar-refractivity contribution in [3.05, 3.63) is 40.1 Å². The van der Waals surface area contributed by atoms with Gasteiger partial charge in [0, 0.05) is 5.69 Å². The van der Waals surface area contributed by atoms with Crippen molar-refractivity contribution in [1.82, 2.24) is 0 Å². The summed E-state index contributed by atoms with van der Waals surface area (Å²) in [6.07, 6.45) is 0. The predicted molar refractivity (Wildman–Crippen MR) is 82.1 cm³/mol. The molecule has 0 bridgehead atoms. The number of benzene rings is 1. The lowest BCUT2D eigenvalue weighted by molar-refractivity contribution is 0.0607. The fourth-order valence-electron chi connectivity index (χ4n) is 1.81. The number of nitrogens with two attached hydrogens (primary N) is 1. The van der Waals surface area contributed by atoms with Gasteiger partial charge in [-0.2, -0.15) is 0 Å². The Bertz CT molecular complexity index is 781. The van der Waals surface area contributed by atoms with E-state index >= 15 is 0 Å². The molecule has 21 heavy (non-hydrogen) atoms. The Morgan fingerprint density at radius 1 is 1.33 bits per heavy atom. The molecule has 8 heteroatoms. The van der Waals surface area contributed by atoms with Crippen molar-refractivity contribution in [2.45, 2.75) is 11.8 Å². The van der Waals surface area contributed by atoms with Crippen molar-refractivity contribution >= 4 is 38.7 Å². The largest absolute Gasteiger partial charge is 0.465 e. The number of sulfonamides is 1. The second-order valence-corrected chi connectivity index (χ2v) is 6.85. The molecule has 1 aromatic carbocycles. The number of anilines is 2. The maximum Gasteiger partial charge on any atom is 0.350 e. The van der Waals surface area contributed by atoms with Crippen LogP contribution in [0.4, 0.5) is 11.4 Å². The highest BCUT2D eigenvalue weighted by atomic mass is 32.2. The van der Waals surface area contributed by atoms with Gasteiger partial charge in [-0.25, -0.2) is 13.2 Å². The molecule has 1 heterocycles. The Hall–Kier alpha value is -2.06. The normalized spacial score (nSPS) is 11.1. The molecule has 0 aliphatic rings. The molecule has 3 N–H and O–H groups in total. The third kappa shape index (κ3) is 3.17. The minimum atomic E-state index is -3.80. The molecular formula is C13H14N2O4S2. The number of esters is 1. The number of rotatable bonds is 4. The molecule has 0 saturated heterocycles. The first-order valence-corrected chi connectivity index (χ1v) is 8.26. The summed E-state index contributed by atoms with van der Waals surface area (Å²) in [5, 5.41) is 1.61. The maximum absolute atomic E-state index is 12.4. The van der Waals surface area contributed by atoms with E-state index in [1.54, 1.807) is 18.4 Å². The van der Waals surface area contributed by atoms with Crippen LogP contribution in [0, 0.1) is 6.92 Å². The van der Waals surface area contributed by atoms with Gasteiger partial charge in [-0.05, 0) is 42.1 Å². The molecule has 0 amide bonds. The minimum absolute atomic E-state index is 0.110. The number of hydrogen-bond acceptors (Lipinski definition) is 6. The van der Waals surface area contributed by atoms with E-state index in [-0.39, 0.29) is 15.5 Å². The summed E-state index contributed by atoms with van der Waals surface area (Å²) < 4.78 is 31.8. The highest BCUT2D eigenvalue weighted by Gasteiger charge is 2.21. The second-order valence-electron chi connectivity index (χ2n) is 4.29. The van der Waals surface area contributed by atoms with Crippen LogP contribution in [0.15, 0.2) is 34.5 Å². The summed E-state index contributed by atoms with van der Waals surface area (Å²) in [5.41, 5.74) is 6.82. The van der Waals surface area contributed by atoms with Crippen LogP contribution >= 0.6 is 11.3 Å². The van der Waals surface area contributed by atoms with Crippen LogP contribution in [-0.2, 0) is 14.8 Å². The van der Waals surface area contributed by atoms with Gasteiger partial charge in [0.25, 0.3) is 10.0 Å². The summed E-state index contributed by atoms with van der Waals surface area (Å²) in [4.78, 5) is 11.9. The Kier molecular flexibility index (Phi) is 4.19. The number of thiophene rings is 1. The first-order valence-electron chi connectivity index (χ1n) is 5.90. The third-order valence-corrected chi connectivity index (χ3v) is 5.19. The molecule has 6 nitrogen and oxygen atoms in total. The van der Waals surface area contributed by atoms with Crippen LogP contribution in [0.5, 0.6) is 0 Å². The standard InChI is InChI=1S/C13H14N2O4S2/c1-8-7-9(14)3-4-11(8)21(17,18)15-10-5-6-20-12(10)13(16)19-2/h3-7,15H,14H2,1-2H3. The van der Waals surface area contributed by atoms with Gasteiger partial charge in [0.05, 0.1) is 17.7 Å². The Morgan fingerprint density at radius 2 is 2.05 bits per heavy atom. The lowest BCUT2D eigenvalue weighted by atomic mass is 10.2. The Balaban J connectivity index is 2.38. The average Bonchev–Trinajstić information content (AvgIpc) is 2.84. The van der Waals surface area contributed by atoms with E-state index < -0.39 is 16.0 Å². The summed E-state index contributed by atoms with van der Waals surface area (Å²) >= 11 is 1.10. The number of nitrogen functional groups attached to an aromatic ring is 1. The van der Waals surface area contributed by atoms with Crippen molar-refractivity contribution in [3.8, 4) is 0 Å². The Morgan fingerprint density at radius 3 is 2.67 bits per heavy atom. The van der Waals surface area contributed by atoms with Crippen LogP contribution < -0.4 is 10.5 Å². The second kappa shape index (κ2) is 5.74. The van der Waals surface area contributed by atoms with Gasteiger partial charge in [0.15, 0.2) is 0 Å². The quantitative estimate of drug-likeness (QED) is 0.663. The van der Waals surface area contributed by atoms with Crippen LogP contribution in [0.25, 0.3) is 0 Å². The molecule has 0 unspecified atom stereocenters. The fourth-order valence-corrected chi connectivity index (χ4v) is 3.94. The smallest absolute Gasteiger partial charge is 0.350 e. The zero-order valence-electron chi connectivity index (χ0n) is 11.4. The van der Waals surface area contributed by atoms with E-state index in [0.29, 0.717) is 11.3 Å². The number of ether oxygens (including phenoxy) is 1. The van der Waals surface area contributed by atoms with E-state index in [2.05, 4.69) is 9.46 Å². The van der Waals surface area contributed by atoms with Gasteiger partial charge >= 0.3 is 5.97 Å². The zero-order valence-corrected chi connectivity index (χ0v) is 13.0. The van der Waals surface area contributed by atoms with Crippen LogP contribution in [0.2, 0.25) is 0 Å². The van der Waals surface area contributed by atoms with Crippen molar-refractivity contribution in [2.75, 3.05) is 17.6 Å². The van der Waals surface area contributed by atoms with Gasteiger partial charge in [0.1, 0.15) is 4.88 Å². The van der Waals surface area contributed by atoms with E-state index in [4.69, 9.17) is 5.73 Å². The number of carbonyl (C=O) groups is 1. The van der Waals surface area contributed by atoms with E-state index in [1.165, 1.54) is 25.3 Å². The summed E-state index contributed by atoms with van der Waals surface area (Å²) in [6.45, 7) is 1.65. The molecule has 0 atom stereocenters. The predicted octanol–water partition coefficient (Wildman–Crippen LogP) is 2.23. The van der Waals surface area contributed by atoms with Crippen molar-refractivity contribution in [3.63, 3.8) is 0 Å². The minimum Gasteiger partial charge on any atom is -0.465 e. The SMILES string of the molecule is COC(=O)c1sccc1NS(=O)(=O)c1ccc(N)cc1C. The van der Waals surface area contributed by atoms with Gasteiger partial charge < -0.3 is 10.5 Å². The summed E-state index contributed by atoms with van der Waals surface area (Å²) in [7, 11) is -2.56. The van der Waals surface area contributed by atoms with Crippen molar-refractivity contribution in [2.24, 2.45) is 0 Å². The molecule has 0 saturated carbocycles. The van der Waals surface area contributed by atoms with E-state index in [1.807, 2.05) is 0 Å². The number of methoxy groups -OCH3 is 1. The molecule has 0 aliphatic carbocycles. The molecule has 2 rings (SSSR count). The fraction of sp³-hybridized carbons (Fsp3) is 0.154. The molecule has 2 aromatic rings. The molecule has 0 aliphatic heterocycles. The van der Waals surface area contributed by atoms with Gasteiger partial charge in [-0.1, -0.05) is 0 Å². The Labute approximate surface area is 126 Å². The average molecular weight is 326 g/mol. The highest BCUT2D eigenvalue weighted by Crippen LogP contribution is 2.27. The summed E-state index contributed by atoms with van der Waals surface area (Å²) in [5.74, 6) is -0.586. The molecular weight excluding hydrogens is 312 g/mol. The lowest BCUT2D eigenvalue weighted by Gasteiger charge is -2.10. The van der Waals surface area contributed by atoms with Crippen LogP contribution in [0.1, 0.15) is 15.2 Å². The molecule has 0 fully saturated rings. The third-order valence-electron chi connectivity index (χ3n) is 2.77. The van der Waals surface area contributed by atoms with Crippen LogP contribution in [-0.4, -0.2) is 21.5 Å². The van der Waals surface area contributed by atoms with Crippen molar-refractivity contribution < 1.29 is 17.9 Å². The monoisotopic (exact) mass is 326 g/mol. The first kappa shape index (κ1) is 15.3. The number of aryl methyl sites for hydroxylation is 1. The highest BCUT2D eigenvalue weighted by molar-refractivity contribution is 7.92. The zero-order chi connectivity index (χ0) is 15.6. The molecule has 112 valence electrons. The molecule has 0 spiro atoms. The lowest BCUT2D eigenvalue weighted by Crippen LogP contribution is -2.16. The van der Waals surface area contributed by atoms with E-state index in [9.17, 15) is 13.2 Å². The van der Waals surface area contributed by atoms with Crippen molar-refractivity contribution in [1.29, 1.82) is 0 Å². The molecule has 1 aromatic heterocycles. The molecule has 0 radical (unpaired) electrons. The number of nitrogens with one attached hydrogen (secondary N) is 1. The van der Waals surface area contributed by atoms with Gasteiger partial charge in [0.2, 0.25) is 0 Å². The van der Waals surface area contributed by atoms with Gasteiger partial charge in [-0.3, -0.25) is 4.72 Å². The first-order chi connectivity index (χ1) is 9.85. The number of hydrogen-bond donors (Lipinski definition) is 2. The van der Waals surface area contributed by atoms with E-state index in [0.717, 1.165) is 11.3 Å². The van der Waals surface area contributed by atoms with Gasteiger partial charge in [-0.15, -0.1) is 11.3 Å².